The van der Waals surface area contributed by atoms with Crippen LogP contribution in [-0.4, -0.2) is 20.6 Å². The highest BCUT2D eigenvalue weighted by Crippen LogP contribution is 2.25. The first-order valence-corrected chi connectivity index (χ1v) is 7.01. The van der Waals surface area contributed by atoms with Crippen LogP contribution in [0.25, 0.3) is 0 Å². The van der Waals surface area contributed by atoms with Gasteiger partial charge in [-0.1, -0.05) is 11.6 Å². The van der Waals surface area contributed by atoms with Crippen molar-refractivity contribution in [2.24, 2.45) is 0 Å². The van der Waals surface area contributed by atoms with Crippen molar-refractivity contribution in [1.82, 2.24) is 4.72 Å². The largest absolute Gasteiger partial charge is 0.398 e. The van der Waals surface area contributed by atoms with Crippen LogP contribution in [0.1, 0.15) is 13.3 Å². The Morgan fingerprint density at radius 2 is 2.00 bits per heavy atom. The summed E-state index contributed by atoms with van der Waals surface area (Å²) in [6, 6.07) is 2.43. The summed E-state index contributed by atoms with van der Waals surface area (Å²) in [5, 5.41) is 0.123. The number of sulfonamides is 1. The van der Waals surface area contributed by atoms with Crippen molar-refractivity contribution in [3.63, 3.8) is 0 Å². The number of hydrogen-bond donors (Lipinski definition) is 2. The number of nitrogens with two attached hydrogens (primary N) is 1. The van der Waals surface area contributed by atoms with E-state index in [9.17, 15) is 21.6 Å². The molecule has 0 radical (unpaired) electrons. The molecule has 0 amide bonds. The third-order valence-electron chi connectivity index (χ3n) is 2.16. The highest BCUT2D eigenvalue weighted by molar-refractivity contribution is 7.89. The topological polar surface area (TPSA) is 72.2 Å². The van der Waals surface area contributed by atoms with Gasteiger partial charge < -0.3 is 5.73 Å². The fraction of sp³-hybridized carbons (Fsp3) is 0.400. The van der Waals surface area contributed by atoms with Gasteiger partial charge in [0.15, 0.2) is 0 Å². The standard InChI is InChI=1S/C10H12ClF3N2O2S/c1-6(5-10(12,13)14)16-19(17,18)9-4-7(11)2-3-8(9)15/h2-4,6,16H,5,15H2,1H3. The van der Waals surface area contributed by atoms with Gasteiger partial charge in [0.25, 0.3) is 0 Å². The number of benzene rings is 1. The maximum Gasteiger partial charge on any atom is 0.390 e. The van der Waals surface area contributed by atoms with Gasteiger partial charge in [-0.05, 0) is 25.1 Å². The summed E-state index contributed by atoms with van der Waals surface area (Å²) in [4.78, 5) is -0.339. The van der Waals surface area contributed by atoms with Crippen molar-refractivity contribution < 1.29 is 21.6 Å². The molecule has 0 aromatic heterocycles. The molecule has 0 aliphatic rings. The molecule has 1 atom stereocenters. The van der Waals surface area contributed by atoms with Crippen LogP contribution < -0.4 is 10.5 Å². The maximum atomic E-state index is 12.1. The van der Waals surface area contributed by atoms with E-state index >= 15 is 0 Å². The molecule has 9 heteroatoms. The van der Waals surface area contributed by atoms with Crippen LogP contribution in [0.3, 0.4) is 0 Å². The quantitative estimate of drug-likeness (QED) is 0.838. The molecule has 1 aromatic carbocycles. The molecule has 0 saturated carbocycles. The van der Waals surface area contributed by atoms with E-state index in [-0.39, 0.29) is 15.6 Å². The summed E-state index contributed by atoms with van der Waals surface area (Å²) in [5.74, 6) is 0. The highest BCUT2D eigenvalue weighted by atomic mass is 35.5. The number of anilines is 1. The first kappa shape index (κ1) is 16.1. The first-order valence-electron chi connectivity index (χ1n) is 5.15. The first-order chi connectivity index (χ1) is 8.51. The third kappa shape index (κ3) is 4.88. The lowest BCUT2D eigenvalue weighted by Crippen LogP contribution is -2.36. The fourth-order valence-corrected chi connectivity index (χ4v) is 3.10. The van der Waals surface area contributed by atoms with Crippen LogP contribution in [0, 0.1) is 0 Å². The van der Waals surface area contributed by atoms with Gasteiger partial charge in [0, 0.05) is 11.1 Å². The van der Waals surface area contributed by atoms with Crippen LogP contribution in [0.4, 0.5) is 18.9 Å². The van der Waals surface area contributed by atoms with Gasteiger partial charge >= 0.3 is 6.18 Å². The normalized spacial score (nSPS) is 14.4. The monoisotopic (exact) mass is 316 g/mol. The van der Waals surface area contributed by atoms with Gasteiger partial charge in [0.2, 0.25) is 10.0 Å². The Labute approximate surface area is 113 Å². The number of nitrogens with one attached hydrogen (secondary N) is 1. The summed E-state index contributed by atoms with van der Waals surface area (Å²) < 4.78 is 62.1. The van der Waals surface area contributed by atoms with Crippen molar-refractivity contribution in [3.8, 4) is 0 Å². The van der Waals surface area contributed by atoms with Gasteiger partial charge in [0.05, 0.1) is 12.1 Å². The molecule has 0 fully saturated rings. The van der Waals surface area contributed by atoms with Gasteiger partial charge in [-0.15, -0.1) is 0 Å². The smallest absolute Gasteiger partial charge is 0.390 e. The Hall–Kier alpha value is -0.990. The SMILES string of the molecule is CC(CC(F)(F)F)NS(=O)(=O)c1cc(Cl)ccc1N. The van der Waals surface area contributed by atoms with Crippen LogP contribution in [0.2, 0.25) is 5.02 Å². The van der Waals surface area contributed by atoms with Gasteiger partial charge in [-0.3, -0.25) is 0 Å². The van der Waals surface area contributed by atoms with Crippen molar-refractivity contribution >= 4 is 27.3 Å². The van der Waals surface area contributed by atoms with Crippen molar-refractivity contribution in [2.45, 2.75) is 30.5 Å². The van der Waals surface area contributed by atoms with E-state index in [1.807, 2.05) is 4.72 Å². The summed E-state index contributed by atoms with van der Waals surface area (Å²) in [5.41, 5.74) is 5.39. The molecule has 19 heavy (non-hydrogen) atoms. The van der Waals surface area contributed by atoms with E-state index in [4.69, 9.17) is 17.3 Å². The molecule has 4 nitrogen and oxygen atoms in total. The molecule has 0 saturated heterocycles. The molecule has 0 spiro atoms. The zero-order chi connectivity index (χ0) is 14.8. The van der Waals surface area contributed by atoms with Crippen molar-refractivity contribution in [2.75, 3.05) is 5.73 Å². The van der Waals surface area contributed by atoms with E-state index in [0.717, 1.165) is 13.0 Å². The molecule has 0 bridgehead atoms. The Kier molecular flexibility index (Phi) is 4.70. The Morgan fingerprint density at radius 3 is 2.53 bits per heavy atom. The van der Waals surface area contributed by atoms with Crippen LogP contribution in [0.15, 0.2) is 23.1 Å². The lowest BCUT2D eigenvalue weighted by molar-refractivity contribution is -0.137. The average Bonchev–Trinajstić information content (AvgIpc) is 2.17. The molecule has 0 aliphatic heterocycles. The third-order valence-corrected chi connectivity index (χ3v) is 4.04. The predicted molar refractivity (Wildman–Crippen MR) is 66.3 cm³/mol. The zero-order valence-electron chi connectivity index (χ0n) is 9.83. The lowest BCUT2D eigenvalue weighted by Gasteiger charge is -2.16. The maximum absolute atomic E-state index is 12.1. The summed E-state index contributed by atoms with van der Waals surface area (Å²) >= 11 is 5.64. The fourth-order valence-electron chi connectivity index (χ4n) is 1.46. The minimum atomic E-state index is -4.46. The molecule has 108 valence electrons. The Bertz CT molecular complexity index is 560. The molecular weight excluding hydrogens is 305 g/mol. The summed E-state index contributed by atoms with van der Waals surface area (Å²) in [6.45, 7) is 1.12. The van der Waals surface area contributed by atoms with Gasteiger partial charge in [-0.25, -0.2) is 13.1 Å². The molecular formula is C10H12ClF3N2O2S. The number of alkyl halides is 3. The summed E-state index contributed by atoms with van der Waals surface area (Å²) in [7, 11) is -4.14. The van der Waals surface area contributed by atoms with E-state index in [1.165, 1.54) is 12.1 Å². The Balaban J connectivity index is 2.96. The van der Waals surface area contributed by atoms with Gasteiger partial charge in [0.1, 0.15) is 4.90 Å². The molecule has 1 rings (SSSR count). The molecule has 1 unspecified atom stereocenters. The average molecular weight is 317 g/mol. The molecule has 1 aromatic rings. The second-order valence-corrected chi connectivity index (χ2v) is 6.14. The van der Waals surface area contributed by atoms with Crippen molar-refractivity contribution in [1.29, 1.82) is 0 Å². The van der Waals surface area contributed by atoms with E-state index in [0.29, 0.717) is 0 Å². The second kappa shape index (κ2) is 5.56. The molecule has 0 aliphatic carbocycles. The number of halogens is 4. The number of rotatable bonds is 4. The van der Waals surface area contributed by atoms with E-state index < -0.39 is 28.7 Å². The minimum Gasteiger partial charge on any atom is -0.398 e. The predicted octanol–water partition coefficient (Wildman–Crippen LogP) is 2.54. The summed E-state index contributed by atoms with van der Waals surface area (Å²) in [6.07, 6.45) is -5.73. The highest BCUT2D eigenvalue weighted by Gasteiger charge is 2.32. The van der Waals surface area contributed by atoms with Crippen molar-refractivity contribution in [3.05, 3.63) is 23.2 Å². The number of nitrogen functional groups attached to an aromatic ring is 1. The Morgan fingerprint density at radius 1 is 1.42 bits per heavy atom. The van der Waals surface area contributed by atoms with Crippen LogP contribution >= 0.6 is 11.6 Å². The second-order valence-electron chi connectivity index (χ2n) is 4.02. The minimum absolute atomic E-state index is 0.0869. The zero-order valence-corrected chi connectivity index (χ0v) is 11.4. The van der Waals surface area contributed by atoms with Crippen LogP contribution in [0.5, 0.6) is 0 Å². The molecule has 0 heterocycles. The lowest BCUT2D eigenvalue weighted by atomic mass is 10.2. The molecule has 3 N–H and O–H groups in total. The van der Waals surface area contributed by atoms with Crippen LogP contribution in [-0.2, 0) is 10.0 Å². The van der Waals surface area contributed by atoms with Gasteiger partial charge in [-0.2, -0.15) is 13.2 Å². The van der Waals surface area contributed by atoms with E-state index in [1.54, 1.807) is 0 Å². The van der Waals surface area contributed by atoms with E-state index in [2.05, 4.69) is 0 Å². The number of hydrogen-bond acceptors (Lipinski definition) is 3.